The molecule has 182 valence electrons. The van der Waals surface area contributed by atoms with Crippen LogP contribution in [0.1, 0.15) is 42.1 Å². The highest BCUT2D eigenvalue weighted by atomic mass is 35.5. The second-order valence-corrected chi connectivity index (χ2v) is 9.38. The van der Waals surface area contributed by atoms with E-state index in [0.29, 0.717) is 17.4 Å². The number of nitrogens with zero attached hydrogens (tertiary/aromatic N) is 4. The average Bonchev–Trinajstić information content (AvgIpc) is 3.45. The van der Waals surface area contributed by atoms with Crippen molar-refractivity contribution < 1.29 is 4.74 Å². The summed E-state index contributed by atoms with van der Waals surface area (Å²) in [6.07, 6.45) is 4.01. The van der Waals surface area contributed by atoms with Crippen LogP contribution in [0, 0.1) is 0 Å². The van der Waals surface area contributed by atoms with Gasteiger partial charge in [-0.25, -0.2) is 14.5 Å². The molecule has 3 aromatic carbocycles. The molecule has 1 aliphatic rings. The van der Waals surface area contributed by atoms with Gasteiger partial charge in [0.1, 0.15) is 5.76 Å². The second kappa shape index (κ2) is 9.68. The molecule has 0 fully saturated rings. The molecule has 1 unspecified atom stereocenters. The molecular weight excluding hydrogens is 480 g/mol. The molecule has 0 amide bonds. The summed E-state index contributed by atoms with van der Waals surface area (Å²) < 4.78 is 7.82. The largest absolute Gasteiger partial charge is 0.493 e. The van der Waals surface area contributed by atoms with Crippen molar-refractivity contribution in [3.05, 3.63) is 125 Å². The smallest absolute Gasteiger partial charge is 0.185 e. The Morgan fingerprint density at radius 1 is 0.973 bits per heavy atom. The van der Waals surface area contributed by atoms with Crippen molar-refractivity contribution in [3.8, 4) is 11.1 Å². The molecule has 0 saturated heterocycles. The van der Waals surface area contributed by atoms with Gasteiger partial charge in [0.05, 0.1) is 29.1 Å². The fourth-order valence-corrected chi connectivity index (χ4v) is 5.06. The van der Waals surface area contributed by atoms with E-state index in [2.05, 4.69) is 37.3 Å². The number of benzene rings is 3. The van der Waals surface area contributed by atoms with E-state index in [9.17, 15) is 0 Å². The molecule has 0 aliphatic heterocycles. The Morgan fingerprint density at radius 3 is 2.32 bits per heavy atom. The standard InChI is InChI=1S/C31H25ClN4O/c1-3-37-26-17-20(2)29-25(26)19-33-31-27(23-15-10-16-24(32)18-23)30(35-36(29)31)34-28(21-11-6-4-7-12-21)22-13-8-5-9-14-22/h4-20H,3H2,1-2H3. The van der Waals surface area contributed by atoms with Gasteiger partial charge in [-0.15, -0.1) is 5.10 Å². The summed E-state index contributed by atoms with van der Waals surface area (Å²) in [4.78, 5) is 10.1. The minimum Gasteiger partial charge on any atom is -0.493 e. The number of ether oxygens (including phenoxy) is 1. The predicted molar refractivity (Wildman–Crippen MR) is 150 cm³/mol. The Bertz CT molecular complexity index is 1610. The number of hydrogen-bond donors (Lipinski definition) is 0. The van der Waals surface area contributed by atoms with Gasteiger partial charge in [0, 0.05) is 28.3 Å². The van der Waals surface area contributed by atoms with Crippen molar-refractivity contribution in [1.82, 2.24) is 14.6 Å². The molecule has 2 aromatic heterocycles. The van der Waals surface area contributed by atoms with E-state index in [4.69, 9.17) is 31.4 Å². The molecule has 0 radical (unpaired) electrons. The number of halogens is 1. The molecule has 1 atom stereocenters. The first-order valence-electron chi connectivity index (χ1n) is 12.4. The van der Waals surface area contributed by atoms with Gasteiger partial charge in [0.25, 0.3) is 0 Å². The van der Waals surface area contributed by atoms with Crippen LogP contribution in [0.25, 0.3) is 22.5 Å². The Morgan fingerprint density at radius 2 is 1.68 bits per heavy atom. The minimum atomic E-state index is 0.119. The molecule has 0 bridgehead atoms. The van der Waals surface area contributed by atoms with Crippen LogP contribution in [0.4, 0.5) is 5.82 Å². The zero-order valence-corrected chi connectivity index (χ0v) is 21.4. The van der Waals surface area contributed by atoms with Crippen LogP contribution < -0.4 is 0 Å². The molecule has 6 rings (SSSR count). The maximum absolute atomic E-state index is 6.43. The fourth-order valence-electron chi connectivity index (χ4n) is 4.87. The summed E-state index contributed by atoms with van der Waals surface area (Å²) in [5, 5.41) is 5.71. The fraction of sp³-hybridized carbons (Fsp3) is 0.129. The van der Waals surface area contributed by atoms with Crippen LogP contribution in [0.2, 0.25) is 5.02 Å². The highest BCUT2D eigenvalue weighted by Gasteiger charge is 2.28. The topological polar surface area (TPSA) is 51.8 Å². The third-order valence-electron chi connectivity index (χ3n) is 6.49. The van der Waals surface area contributed by atoms with Crippen LogP contribution in [-0.2, 0) is 4.74 Å². The highest BCUT2D eigenvalue weighted by molar-refractivity contribution is 6.31. The molecular formula is C31H25ClN4O. The number of aliphatic imine (C=N–C) groups is 1. The van der Waals surface area contributed by atoms with Crippen LogP contribution in [0.15, 0.2) is 102 Å². The van der Waals surface area contributed by atoms with Gasteiger partial charge in [0.15, 0.2) is 11.5 Å². The Balaban J connectivity index is 1.65. The highest BCUT2D eigenvalue weighted by Crippen LogP contribution is 2.41. The lowest BCUT2D eigenvalue weighted by Crippen LogP contribution is -2.04. The maximum Gasteiger partial charge on any atom is 0.185 e. The lowest BCUT2D eigenvalue weighted by atomic mass is 10.0. The van der Waals surface area contributed by atoms with Crippen LogP contribution in [-0.4, -0.2) is 26.9 Å². The van der Waals surface area contributed by atoms with Gasteiger partial charge in [-0.1, -0.05) is 91.3 Å². The monoisotopic (exact) mass is 504 g/mol. The lowest BCUT2D eigenvalue weighted by molar-refractivity contribution is 0.298. The van der Waals surface area contributed by atoms with E-state index in [1.54, 1.807) is 0 Å². The molecule has 0 saturated carbocycles. The van der Waals surface area contributed by atoms with Crippen molar-refractivity contribution in [2.45, 2.75) is 19.8 Å². The van der Waals surface area contributed by atoms with Gasteiger partial charge in [-0.2, -0.15) is 0 Å². The maximum atomic E-state index is 6.43. The van der Waals surface area contributed by atoms with Gasteiger partial charge >= 0.3 is 0 Å². The normalized spacial score (nSPS) is 14.4. The summed E-state index contributed by atoms with van der Waals surface area (Å²) in [6.45, 7) is 4.73. The van der Waals surface area contributed by atoms with E-state index in [1.807, 2.05) is 78.3 Å². The SMILES string of the molecule is CCOC1=CC(C)c2c1cnc1c(-c3cccc(Cl)c3)c(N=C(c3ccccc3)c3ccccc3)nn21. The summed E-state index contributed by atoms with van der Waals surface area (Å²) in [5.74, 6) is 1.55. The zero-order valence-electron chi connectivity index (χ0n) is 20.6. The lowest BCUT2D eigenvalue weighted by Gasteiger charge is -2.09. The molecule has 5 aromatic rings. The van der Waals surface area contributed by atoms with Gasteiger partial charge in [-0.3, -0.25) is 0 Å². The van der Waals surface area contributed by atoms with Crippen molar-refractivity contribution >= 4 is 34.5 Å². The number of rotatable bonds is 6. The quantitative estimate of drug-likeness (QED) is 0.222. The summed E-state index contributed by atoms with van der Waals surface area (Å²) in [7, 11) is 0. The number of hydrogen-bond acceptors (Lipinski definition) is 4. The van der Waals surface area contributed by atoms with Crippen molar-refractivity contribution in [2.24, 2.45) is 4.99 Å². The third kappa shape index (κ3) is 4.21. The van der Waals surface area contributed by atoms with Gasteiger partial charge < -0.3 is 4.74 Å². The van der Waals surface area contributed by atoms with E-state index in [-0.39, 0.29) is 5.92 Å². The van der Waals surface area contributed by atoms with E-state index in [1.165, 1.54) is 0 Å². The first-order chi connectivity index (χ1) is 18.1. The van der Waals surface area contributed by atoms with Crippen LogP contribution in [0.5, 0.6) is 0 Å². The summed E-state index contributed by atoms with van der Waals surface area (Å²) in [5.41, 5.74) is 7.35. The van der Waals surface area contributed by atoms with Crippen molar-refractivity contribution in [2.75, 3.05) is 6.61 Å². The van der Waals surface area contributed by atoms with E-state index >= 15 is 0 Å². The molecule has 5 nitrogen and oxygen atoms in total. The Hall–Kier alpha value is -4.22. The van der Waals surface area contributed by atoms with Gasteiger partial charge in [-0.05, 0) is 30.7 Å². The van der Waals surface area contributed by atoms with Crippen molar-refractivity contribution in [1.29, 1.82) is 0 Å². The minimum absolute atomic E-state index is 0.119. The molecule has 37 heavy (non-hydrogen) atoms. The van der Waals surface area contributed by atoms with Crippen LogP contribution >= 0.6 is 11.6 Å². The summed E-state index contributed by atoms with van der Waals surface area (Å²) >= 11 is 6.43. The van der Waals surface area contributed by atoms with Crippen molar-refractivity contribution in [3.63, 3.8) is 0 Å². The Kier molecular flexibility index (Phi) is 6.07. The number of allylic oxidation sites excluding steroid dienone is 1. The molecule has 2 heterocycles. The summed E-state index contributed by atoms with van der Waals surface area (Å²) in [6, 6.07) is 28.1. The third-order valence-corrected chi connectivity index (χ3v) is 6.72. The molecule has 1 aliphatic carbocycles. The second-order valence-electron chi connectivity index (χ2n) is 8.95. The van der Waals surface area contributed by atoms with E-state index < -0.39 is 0 Å². The first-order valence-corrected chi connectivity index (χ1v) is 12.7. The van der Waals surface area contributed by atoms with E-state index in [0.717, 1.165) is 50.6 Å². The van der Waals surface area contributed by atoms with Crippen LogP contribution in [0.3, 0.4) is 0 Å². The number of aromatic nitrogens is 3. The molecule has 0 spiro atoms. The predicted octanol–water partition coefficient (Wildman–Crippen LogP) is 7.71. The first kappa shape index (κ1) is 23.2. The molecule has 0 N–H and O–H groups in total. The van der Waals surface area contributed by atoms with Gasteiger partial charge in [0.2, 0.25) is 0 Å². The molecule has 6 heteroatoms. The Labute approximate surface area is 220 Å². The average molecular weight is 505 g/mol. The number of fused-ring (bicyclic) bond motifs is 3. The zero-order chi connectivity index (χ0) is 25.4.